The van der Waals surface area contributed by atoms with Crippen molar-refractivity contribution in [1.29, 1.82) is 0 Å². The van der Waals surface area contributed by atoms with Crippen molar-refractivity contribution in [2.75, 3.05) is 6.54 Å². The fourth-order valence-electron chi connectivity index (χ4n) is 1.62. The summed E-state index contributed by atoms with van der Waals surface area (Å²) < 4.78 is 35.1. The second-order valence-corrected chi connectivity index (χ2v) is 5.44. The minimum atomic E-state index is -4.55. The number of rotatable bonds is 4. The van der Waals surface area contributed by atoms with Crippen molar-refractivity contribution in [2.45, 2.75) is 12.6 Å². The summed E-state index contributed by atoms with van der Waals surface area (Å²) in [5.41, 5.74) is 0.780. The van der Waals surface area contributed by atoms with Gasteiger partial charge in [0.2, 0.25) is 0 Å². The molecular weight excluding hydrogens is 311 g/mol. The van der Waals surface area contributed by atoms with Crippen LogP contribution in [-0.4, -0.2) is 71.4 Å². The first-order valence-electron chi connectivity index (χ1n) is 5.64. The Bertz CT molecular complexity index is 621. The number of carbonyl (C=O) groups is 2. The number of β-lactam (4-membered cyclic amide) rings is 1. The number of hydrogen-bond donors (Lipinski definition) is 2. The third kappa shape index (κ3) is 4.68. The molecule has 0 spiro atoms. The molecule has 0 radical (unpaired) electrons. The van der Waals surface area contributed by atoms with E-state index in [2.05, 4.69) is 5.32 Å². The summed E-state index contributed by atoms with van der Waals surface area (Å²) in [6.07, 6.45) is -0.831. The molecule has 1 aromatic rings. The van der Waals surface area contributed by atoms with Gasteiger partial charge in [-0.15, -0.1) is 0 Å². The van der Waals surface area contributed by atoms with Crippen LogP contribution in [0.3, 0.4) is 0 Å². The van der Waals surface area contributed by atoms with Crippen molar-refractivity contribution < 1.29 is 27.3 Å². The predicted molar refractivity (Wildman–Crippen MR) is 74.0 cm³/mol. The van der Waals surface area contributed by atoms with Gasteiger partial charge in [-0.25, -0.2) is 9.10 Å². The Hall–Kier alpha value is -1.13. The van der Waals surface area contributed by atoms with Crippen LogP contribution in [0, 0.1) is 0 Å². The fraction of sp³-hybridized carbons (Fsp3) is 0.273. The Balaban J connectivity index is 0.00000220. The number of ether oxygens (including phenoxy) is 1. The van der Waals surface area contributed by atoms with Crippen LogP contribution in [0.5, 0.6) is 0 Å². The van der Waals surface area contributed by atoms with E-state index in [-0.39, 0.29) is 47.0 Å². The van der Waals surface area contributed by atoms with E-state index in [0.717, 1.165) is 5.56 Å². The van der Waals surface area contributed by atoms with Crippen LogP contribution in [0.2, 0.25) is 0 Å². The van der Waals surface area contributed by atoms with E-state index >= 15 is 0 Å². The molecule has 2 N–H and O–H groups in total. The molecule has 1 aliphatic rings. The average molecular weight is 324 g/mol. The second kappa shape index (κ2) is 7.23. The van der Waals surface area contributed by atoms with Crippen LogP contribution >= 0.6 is 0 Å². The van der Waals surface area contributed by atoms with Gasteiger partial charge in [0.05, 0.1) is 6.54 Å². The molecular formula is C11H13N2NaO6S. The minimum absolute atomic E-state index is 0. The van der Waals surface area contributed by atoms with Crippen LogP contribution < -0.4 is 5.32 Å². The number of nitrogens with one attached hydrogen (secondary N) is 1. The van der Waals surface area contributed by atoms with Crippen LogP contribution in [0.4, 0.5) is 4.79 Å². The molecule has 1 atom stereocenters. The van der Waals surface area contributed by atoms with Gasteiger partial charge in [-0.2, -0.15) is 8.42 Å². The first kappa shape index (κ1) is 17.9. The summed E-state index contributed by atoms with van der Waals surface area (Å²) in [6.45, 7) is -0.270. The quantitative estimate of drug-likeness (QED) is 0.429. The maximum absolute atomic E-state index is 11.4. The second-order valence-electron chi connectivity index (χ2n) is 4.11. The van der Waals surface area contributed by atoms with E-state index in [9.17, 15) is 18.0 Å². The molecule has 8 nitrogen and oxygen atoms in total. The molecule has 2 amide bonds. The molecule has 0 aliphatic carbocycles. The normalized spacial score (nSPS) is 17.5. The van der Waals surface area contributed by atoms with E-state index in [1.54, 1.807) is 24.3 Å². The molecule has 1 fully saturated rings. The number of benzene rings is 1. The zero-order chi connectivity index (χ0) is 14.8. The van der Waals surface area contributed by atoms with Gasteiger partial charge in [-0.05, 0) is 5.56 Å². The van der Waals surface area contributed by atoms with Crippen molar-refractivity contribution in [1.82, 2.24) is 9.62 Å². The zero-order valence-electron chi connectivity index (χ0n) is 10.2. The van der Waals surface area contributed by atoms with Gasteiger partial charge in [-0.1, -0.05) is 30.3 Å². The third-order valence-corrected chi connectivity index (χ3v) is 3.56. The molecule has 10 heteroatoms. The topological polar surface area (TPSA) is 113 Å². The number of nitrogens with zero attached hydrogens (tertiary/aromatic N) is 1. The first-order chi connectivity index (χ1) is 9.38. The summed E-state index contributed by atoms with van der Waals surface area (Å²) in [5, 5.41) is 2.21. The monoisotopic (exact) mass is 324 g/mol. The third-order valence-electron chi connectivity index (χ3n) is 2.68. The summed E-state index contributed by atoms with van der Waals surface area (Å²) >= 11 is 0. The van der Waals surface area contributed by atoms with Crippen LogP contribution in [0.15, 0.2) is 30.3 Å². The van der Waals surface area contributed by atoms with Gasteiger partial charge >= 0.3 is 46.0 Å². The van der Waals surface area contributed by atoms with Crippen LogP contribution in [-0.2, 0) is 26.4 Å². The molecule has 1 unspecified atom stereocenters. The first-order valence-corrected chi connectivity index (χ1v) is 7.04. The van der Waals surface area contributed by atoms with Crippen molar-refractivity contribution in [3.8, 4) is 0 Å². The average Bonchev–Trinajstić information content (AvgIpc) is 2.40. The molecule has 110 valence electrons. The van der Waals surface area contributed by atoms with Gasteiger partial charge in [0.15, 0.2) is 0 Å². The molecule has 1 saturated heterocycles. The zero-order valence-corrected chi connectivity index (χ0v) is 11.0. The van der Waals surface area contributed by atoms with Crippen molar-refractivity contribution in [3.63, 3.8) is 0 Å². The summed E-state index contributed by atoms with van der Waals surface area (Å²) in [5.74, 6) is -0.899. The Labute approximate surface area is 143 Å². The van der Waals surface area contributed by atoms with E-state index in [0.29, 0.717) is 0 Å². The molecule has 2 rings (SSSR count). The van der Waals surface area contributed by atoms with Crippen molar-refractivity contribution in [2.24, 2.45) is 0 Å². The standard InChI is InChI=1S/C11H12N2O6S.Na.H/c14-10-9(6-13(10)20(16,17)18)12-11(15)19-7-8-4-2-1-3-5-8;;/h1-5,9H,6-7H2,(H,12,15)(H,16,17,18);;. The summed E-state index contributed by atoms with van der Waals surface area (Å²) in [7, 11) is -4.55. The van der Waals surface area contributed by atoms with E-state index in [1.165, 1.54) is 0 Å². The summed E-state index contributed by atoms with van der Waals surface area (Å²) in [4.78, 5) is 22.7. The fourth-order valence-corrected chi connectivity index (χ4v) is 2.31. The van der Waals surface area contributed by atoms with Gasteiger partial charge in [-0.3, -0.25) is 9.35 Å². The number of alkyl carbamates (subject to hydrolysis) is 1. The molecule has 1 aliphatic heterocycles. The van der Waals surface area contributed by atoms with E-state index < -0.39 is 28.3 Å². The van der Waals surface area contributed by atoms with Gasteiger partial charge in [0, 0.05) is 0 Å². The van der Waals surface area contributed by atoms with Crippen LogP contribution in [0.25, 0.3) is 0 Å². The molecule has 21 heavy (non-hydrogen) atoms. The molecule has 1 heterocycles. The van der Waals surface area contributed by atoms with Crippen LogP contribution in [0.1, 0.15) is 5.56 Å². The van der Waals surface area contributed by atoms with Crippen molar-refractivity contribution in [3.05, 3.63) is 35.9 Å². The maximum atomic E-state index is 11.4. The van der Waals surface area contributed by atoms with Crippen molar-refractivity contribution >= 4 is 51.9 Å². The van der Waals surface area contributed by atoms with E-state index in [1.807, 2.05) is 6.07 Å². The van der Waals surface area contributed by atoms with Gasteiger partial charge in [0.1, 0.15) is 12.6 Å². The molecule has 1 aromatic carbocycles. The number of hydrogen-bond acceptors (Lipinski definition) is 5. The molecule has 0 aromatic heterocycles. The Morgan fingerprint density at radius 2 is 2.00 bits per heavy atom. The predicted octanol–water partition coefficient (Wildman–Crippen LogP) is -0.722. The van der Waals surface area contributed by atoms with Gasteiger partial charge in [0.25, 0.3) is 5.91 Å². The Kier molecular flexibility index (Phi) is 6.17. The number of carbonyl (C=O) groups excluding carboxylic acids is 2. The SMILES string of the molecule is O=C(NC1CN(S(=O)(=O)O)C1=O)OCc1ccccc1.[NaH]. The Morgan fingerprint density at radius 3 is 2.52 bits per heavy atom. The number of amides is 2. The Morgan fingerprint density at radius 1 is 1.38 bits per heavy atom. The summed E-state index contributed by atoms with van der Waals surface area (Å²) in [6, 6.07) is 7.93. The van der Waals surface area contributed by atoms with Gasteiger partial charge < -0.3 is 10.1 Å². The molecule has 0 saturated carbocycles. The molecule has 0 bridgehead atoms. The van der Waals surface area contributed by atoms with E-state index in [4.69, 9.17) is 9.29 Å².